The van der Waals surface area contributed by atoms with Crippen molar-refractivity contribution in [1.29, 1.82) is 0 Å². The number of methoxy groups -OCH3 is 7. The fourth-order valence-electron chi connectivity index (χ4n) is 12.9. The zero-order chi connectivity index (χ0) is 91.3. The number of halogens is 6. The number of carbonyl (C=O) groups excluding carboxylic acids is 5. The molecule has 25 nitrogen and oxygen atoms in total. The van der Waals surface area contributed by atoms with Crippen molar-refractivity contribution in [2.75, 3.05) is 64.0 Å². The van der Waals surface area contributed by atoms with Crippen molar-refractivity contribution >= 4 is 185 Å². The van der Waals surface area contributed by atoms with Gasteiger partial charge >= 0.3 is 53.2 Å². The van der Waals surface area contributed by atoms with Crippen molar-refractivity contribution in [2.24, 2.45) is 0 Å². The van der Waals surface area contributed by atoms with Crippen LogP contribution in [0.1, 0.15) is 116 Å². The van der Waals surface area contributed by atoms with Gasteiger partial charge in [0.2, 0.25) is 5.78 Å². The maximum atomic E-state index is 12.2. The Hall–Kier alpha value is -12.9. The molecule has 0 amide bonds. The third-order valence-electron chi connectivity index (χ3n) is 19.0. The van der Waals surface area contributed by atoms with Crippen molar-refractivity contribution in [3.63, 3.8) is 0 Å². The lowest BCUT2D eigenvalue weighted by molar-refractivity contribution is -0.225. The number of alkyl halides is 3. The van der Waals surface area contributed by atoms with Gasteiger partial charge in [0, 0.05) is 105 Å². The molecular formula is C93H88Cl6O25+4. The molecule has 10 N–H and O–H groups in total. The number of aliphatic hydroxyl groups excluding tert-OH is 1. The minimum Gasteiger partial charge on any atom is -0.496 e. The number of ketones is 5. The van der Waals surface area contributed by atoms with Crippen molar-refractivity contribution in [1.82, 2.24) is 0 Å². The second-order valence-corrected chi connectivity index (χ2v) is 29.1. The van der Waals surface area contributed by atoms with E-state index in [-0.39, 0.29) is 66.9 Å². The number of rotatable bonds is 19. The molecule has 0 saturated carbocycles. The summed E-state index contributed by atoms with van der Waals surface area (Å²) in [4.78, 5) is 98.7. The van der Waals surface area contributed by atoms with Crippen LogP contribution < -0.4 is 18.9 Å². The van der Waals surface area contributed by atoms with E-state index in [4.69, 9.17) is 147 Å². The zero-order valence-electron chi connectivity index (χ0n) is 69.4. The SMILES string of the molecule is COC1=C(/C=C(/C)C(=O)O)C(Cl)C(=O)c2ccccc21.COC1=C(/C=C(/C)C(=O)O)C(Cl)C(=[O+]C)c2ccccc21.COC1=C(/C=C(/C)C(=O)O)C(Cl)C(=[OH+])c2ccccc21.COc1c(Cl)c(/C=C(/C)C(=O)O)c(OC)c2ccccc12.COc1c(Cl)c(/C=C(/C)C(O)=[OH+])c(OC)c2ccccc12.C[O+]=C1C(/C=C(/C)C(=O)O)=C(Cl)C(=O)c2ccccc21.O. The van der Waals surface area contributed by atoms with Crippen LogP contribution in [0.5, 0.6) is 23.0 Å². The van der Waals surface area contributed by atoms with Gasteiger partial charge in [0.15, 0.2) is 16.5 Å². The van der Waals surface area contributed by atoms with Gasteiger partial charge < -0.3 is 74.1 Å². The predicted octanol–water partition coefficient (Wildman–Crippen LogP) is 18.4. The highest BCUT2D eigenvalue weighted by atomic mass is 35.5. The van der Waals surface area contributed by atoms with Gasteiger partial charge in [0.25, 0.3) is 14.2 Å². The third kappa shape index (κ3) is 22.3. The number of fused-ring (bicyclic) bond motifs is 6. The monoisotopic (exact) mass is 1810 g/mol. The normalized spacial score (nSPS) is 16.3. The molecule has 4 aliphatic carbocycles. The van der Waals surface area contributed by atoms with Crippen LogP contribution in [0.3, 0.4) is 0 Å². The minimum absolute atomic E-state index is 0. The van der Waals surface area contributed by atoms with E-state index < -0.39 is 51.9 Å². The molecule has 0 aliphatic heterocycles. The van der Waals surface area contributed by atoms with Crippen LogP contribution in [0.2, 0.25) is 10.0 Å². The molecule has 12 rings (SSSR count). The van der Waals surface area contributed by atoms with E-state index in [0.29, 0.717) is 123 Å². The number of ether oxygens (including phenoxy) is 7. The van der Waals surface area contributed by atoms with E-state index in [0.717, 1.165) is 32.7 Å². The first kappa shape index (κ1) is 100.0. The molecule has 3 unspecified atom stereocenters. The standard InChI is InChI=1S/3C16H15ClO4.2C15H13ClO4.C15H11ClO4.H2O/c3*1-9(16(18)19)8-12-13(17)15(21-3)11-7-5-4-6-10(11)14(12)20-2;3*1-8(15(18)19)7-11-12(16)13(17)9-5-3-4-6-10(9)14(11)20-2;/h2*4-8H,1-3H3,(H,18,19);4-8,13H,1-3H3;2*3-7,12H,1-2H3,(H,18,19);3-7H,1-2H3;1H2/p+4/b3*9-8-;3*8-7-;. The van der Waals surface area contributed by atoms with Crippen LogP contribution in [0.25, 0.3) is 51.0 Å². The van der Waals surface area contributed by atoms with Gasteiger partial charge in [-0.25, -0.2) is 24.0 Å². The van der Waals surface area contributed by atoms with E-state index in [1.54, 1.807) is 93.9 Å². The minimum atomic E-state index is -1.08. The number of aliphatic carboxylic acids is 6. The van der Waals surface area contributed by atoms with E-state index in [2.05, 4.69) is 0 Å². The first-order valence-corrected chi connectivity index (χ1v) is 39.1. The van der Waals surface area contributed by atoms with Crippen LogP contribution in [-0.4, -0.2) is 191 Å². The molecule has 0 heterocycles. The molecule has 124 heavy (non-hydrogen) atoms. The predicted molar refractivity (Wildman–Crippen MR) is 482 cm³/mol. The van der Waals surface area contributed by atoms with Crippen molar-refractivity contribution in [2.45, 2.75) is 57.7 Å². The number of hydrogen-bond donors (Lipinski definition) is 6. The summed E-state index contributed by atoms with van der Waals surface area (Å²) in [6, 6.07) is 43.6. The van der Waals surface area contributed by atoms with E-state index >= 15 is 0 Å². The Kier molecular flexibility index (Phi) is 36.5. The Morgan fingerprint density at radius 2 is 0.669 bits per heavy atom. The average Bonchev–Trinajstić information content (AvgIpc) is 0.747. The Labute approximate surface area is 742 Å². The smallest absolute Gasteiger partial charge is 0.496 e. The molecule has 0 bridgehead atoms. The summed E-state index contributed by atoms with van der Waals surface area (Å²) in [5.74, 6) is -2.04. The van der Waals surface area contributed by atoms with E-state index in [1.165, 1.54) is 115 Å². The zero-order valence-corrected chi connectivity index (χ0v) is 74.0. The molecule has 31 heteroatoms. The number of benzene rings is 8. The molecule has 0 radical (unpaired) electrons. The van der Waals surface area contributed by atoms with Crippen LogP contribution in [0, 0.1) is 0 Å². The van der Waals surface area contributed by atoms with Gasteiger partial charge in [-0.1, -0.05) is 162 Å². The first-order chi connectivity index (χ1) is 58.4. The van der Waals surface area contributed by atoms with Crippen molar-refractivity contribution in [3.05, 3.63) is 296 Å². The quantitative estimate of drug-likeness (QED) is 0.0249. The second kappa shape index (κ2) is 45.3. The third-order valence-corrected chi connectivity index (χ3v) is 21.4. The summed E-state index contributed by atoms with van der Waals surface area (Å²) in [7, 11) is 13.6. The lowest BCUT2D eigenvalue weighted by atomic mass is 9.88. The number of carboxylic acids is 6. The van der Waals surface area contributed by atoms with Gasteiger partial charge in [0.05, 0.1) is 82.1 Å². The second-order valence-electron chi connectivity index (χ2n) is 26.6. The Morgan fingerprint density at radius 3 is 1.03 bits per heavy atom. The summed E-state index contributed by atoms with van der Waals surface area (Å²) in [6.07, 6.45) is 8.70. The molecule has 8 aromatic rings. The number of hydrogen-bond acceptors (Lipinski definition) is 14. The van der Waals surface area contributed by atoms with Crippen LogP contribution in [0.4, 0.5) is 0 Å². The summed E-state index contributed by atoms with van der Waals surface area (Å²) in [5, 5.41) is 55.7. The highest BCUT2D eigenvalue weighted by Crippen LogP contribution is 2.47. The maximum Gasteiger partial charge on any atom is 0.510 e. The fourth-order valence-corrected chi connectivity index (χ4v) is 14.7. The summed E-state index contributed by atoms with van der Waals surface area (Å²) in [5.41, 5.74) is 8.71. The average molecular weight is 1820 g/mol. The van der Waals surface area contributed by atoms with Crippen molar-refractivity contribution < 1.29 is 121 Å². The van der Waals surface area contributed by atoms with Crippen LogP contribution in [0.15, 0.2) is 231 Å². The molecule has 648 valence electrons. The van der Waals surface area contributed by atoms with Gasteiger partial charge in [-0.05, 0) is 96.2 Å². The molecule has 8 aromatic carbocycles. The van der Waals surface area contributed by atoms with Gasteiger partial charge in [-0.3, -0.25) is 23.2 Å². The molecule has 0 spiro atoms. The Bertz CT molecular complexity index is 5740. The van der Waals surface area contributed by atoms with Gasteiger partial charge in [0.1, 0.15) is 56.3 Å². The number of allylic oxidation sites excluding steroid dienone is 9. The number of carboxylic acid groups (broad SMARTS) is 6. The molecule has 0 saturated heterocycles. The Balaban J connectivity index is 0.000000230. The van der Waals surface area contributed by atoms with E-state index in [1.807, 2.05) is 78.9 Å². The highest BCUT2D eigenvalue weighted by molar-refractivity contribution is 6.50. The summed E-state index contributed by atoms with van der Waals surface area (Å²) >= 11 is 37.7. The first-order valence-electron chi connectivity index (χ1n) is 36.6. The largest absolute Gasteiger partial charge is 0.510 e. The molecule has 4 aliphatic rings. The van der Waals surface area contributed by atoms with Crippen LogP contribution in [-0.2, 0) is 38.2 Å². The molecule has 0 fully saturated rings. The molecule has 0 aromatic heterocycles. The number of Topliss-reactive ketones (excluding diaryl/α,β-unsaturated/α-hetero) is 2. The lowest BCUT2D eigenvalue weighted by Gasteiger charge is -2.23. The number of carbonyl (C=O) groups is 7. The molecular weight excluding hydrogens is 1730 g/mol. The summed E-state index contributed by atoms with van der Waals surface area (Å²) in [6.45, 7) is 8.91. The maximum absolute atomic E-state index is 12.2. The summed E-state index contributed by atoms with van der Waals surface area (Å²) < 4.78 is 48.6. The molecule has 3 atom stereocenters. The van der Waals surface area contributed by atoms with Gasteiger partial charge in [-0.2, -0.15) is 0 Å². The Morgan fingerprint density at radius 1 is 0.371 bits per heavy atom. The highest BCUT2D eigenvalue weighted by Gasteiger charge is 2.41. The van der Waals surface area contributed by atoms with E-state index in [9.17, 15) is 38.4 Å². The topological polar surface area (TPSA) is 402 Å². The van der Waals surface area contributed by atoms with Crippen molar-refractivity contribution in [3.8, 4) is 23.0 Å². The lowest BCUT2D eigenvalue weighted by Crippen LogP contribution is -2.26. The fraction of sp³-hybridized carbons (Fsp3) is 0.194. The van der Waals surface area contributed by atoms with Crippen LogP contribution >= 0.6 is 69.6 Å². The van der Waals surface area contributed by atoms with Gasteiger partial charge in [-0.15, -0.1) is 34.8 Å².